The van der Waals surface area contributed by atoms with Gasteiger partial charge in [0.15, 0.2) is 0 Å². The average molecular weight is 410 g/mol. The number of methoxy groups -OCH3 is 1. The van der Waals surface area contributed by atoms with E-state index in [9.17, 15) is 4.79 Å². The topological polar surface area (TPSA) is 44.8 Å². The number of hydrogen-bond acceptors (Lipinski definition) is 4. The third kappa shape index (κ3) is 6.23. The molecule has 2 aromatic rings. The Kier molecular flexibility index (Phi) is 7.38. The highest BCUT2D eigenvalue weighted by Crippen LogP contribution is 2.28. The lowest BCUT2D eigenvalue weighted by Gasteiger charge is -2.38. The highest BCUT2D eigenvalue weighted by Gasteiger charge is 2.27. The fourth-order valence-corrected chi connectivity index (χ4v) is 3.98. The van der Waals surface area contributed by atoms with E-state index in [4.69, 9.17) is 4.74 Å². The molecule has 0 spiro atoms. The average Bonchev–Trinajstić information content (AvgIpc) is 2.73. The number of nitrogens with zero attached hydrogens (tertiary/aromatic N) is 2. The molecule has 0 aliphatic carbocycles. The van der Waals surface area contributed by atoms with Crippen molar-refractivity contribution in [2.45, 2.75) is 32.7 Å². The number of para-hydroxylation sites is 2. The van der Waals surface area contributed by atoms with E-state index in [0.29, 0.717) is 0 Å². The third-order valence-corrected chi connectivity index (χ3v) is 5.47. The van der Waals surface area contributed by atoms with Gasteiger partial charge in [-0.15, -0.1) is 0 Å². The summed E-state index contributed by atoms with van der Waals surface area (Å²) >= 11 is 0. The maximum Gasteiger partial charge on any atom is 0.225 e. The number of carbonyl (C=O) groups excluding carboxylic acids is 1. The van der Waals surface area contributed by atoms with E-state index in [0.717, 1.165) is 50.6 Å². The summed E-state index contributed by atoms with van der Waals surface area (Å²) in [5, 5.41) is 3.19. The zero-order valence-corrected chi connectivity index (χ0v) is 18.7. The second kappa shape index (κ2) is 9.98. The number of amides is 1. The van der Waals surface area contributed by atoms with Gasteiger partial charge in [0, 0.05) is 38.3 Å². The van der Waals surface area contributed by atoms with Crippen molar-refractivity contribution in [1.82, 2.24) is 10.2 Å². The molecule has 3 rings (SSSR count). The van der Waals surface area contributed by atoms with Crippen LogP contribution in [0.4, 0.5) is 5.69 Å². The van der Waals surface area contributed by atoms with Crippen LogP contribution in [-0.2, 0) is 11.2 Å². The molecule has 0 radical (unpaired) electrons. The van der Waals surface area contributed by atoms with Crippen molar-refractivity contribution in [2.75, 3.05) is 44.7 Å². The molecule has 1 atom stereocenters. The molecule has 0 bridgehead atoms. The Labute approximate surface area is 181 Å². The van der Waals surface area contributed by atoms with E-state index < -0.39 is 0 Å². The zero-order chi connectivity index (χ0) is 21.6. The van der Waals surface area contributed by atoms with E-state index in [1.165, 1.54) is 5.56 Å². The number of carbonyl (C=O) groups is 1. The number of hydrogen-bond donors (Lipinski definition) is 1. The smallest absolute Gasteiger partial charge is 0.225 e. The number of nitrogens with one attached hydrogen (secondary N) is 1. The first-order chi connectivity index (χ1) is 14.4. The standard InChI is InChI=1S/C25H35N3O2/c1-25(2,3)26-24(29)21(18-20-10-6-5-7-11-20)19-27-14-16-28(17-15-27)22-12-8-9-13-23(22)30-4/h5-13,21H,14-19H2,1-4H3,(H,26,29). The van der Waals surface area contributed by atoms with Gasteiger partial charge in [0.1, 0.15) is 5.75 Å². The molecule has 5 nitrogen and oxygen atoms in total. The lowest BCUT2D eigenvalue weighted by atomic mass is 9.96. The predicted octanol–water partition coefficient (Wildman–Crippen LogP) is 3.59. The van der Waals surface area contributed by atoms with Crippen molar-refractivity contribution < 1.29 is 9.53 Å². The molecule has 0 saturated carbocycles. The van der Waals surface area contributed by atoms with Crippen molar-refractivity contribution in [3.8, 4) is 5.75 Å². The Morgan fingerprint density at radius 3 is 2.27 bits per heavy atom. The molecule has 1 N–H and O–H groups in total. The van der Waals surface area contributed by atoms with Crippen LogP contribution in [0.5, 0.6) is 5.75 Å². The van der Waals surface area contributed by atoms with Gasteiger partial charge in [-0.25, -0.2) is 0 Å². The van der Waals surface area contributed by atoms with Crippen LogP contribution in [0.2, 0.25) is 0 Å². The Morgan fingerprint density at radius 1 is 1.00 bits per heavy atom. The van der Waals surface area contributed by atoms with Gasteiger partial charge in [-0.05, 0) is 44.9 Å². The molecular formula is C25H35N3O2. The molecule has 2 aromatic carbocycles. The Bertz CT molecular complexity index is 809. The van der Waals surface area contributed by atoms with E-state index in [-0.39, 0.29) is 17.4 Å². The molecule has 1 heterocycles. The number of anilines is 1. The van der Waals surface area contributed by atoms with Gasteiger partial charge < -0.3 is 15.0 Å². The minimum atomic E-state index is -0.228. The molecule has 1 fully saturated rings. The van der Waals surface area contributed by atoms with Gasteiger partial charge in [-0.1, -0.05) is 42.5 Å². The van der Waals surface area contributed by atoms with Gasteiger partial charge in [-0.2, -0.15) is 0 Å². The second-order valence-electron chi connectivity index (χ2n) is 9.09. The number of benzene rings is 2. The highest BCUT2D eigenvalue weighted by molar-refractivity contribution is 5.80. The van der Waals surface area contributed by atoms with Crippen molar-refractivity contribution >= 4 is 11.6 Å². The minimum absolute atomic E-state index is 0.0653. The highest BCUT2D eigenvalue weighted by atomic mass is 16.5. The van der Waals surface area contributed by atoms with E-state index >= 15 is 0 Å². The van der Waals surface area contributed by atoms with Crippen LogP contribution in [-0.4, -0.2) is 56.2 Å². The molecule has 162 valence electrons. The first-order valence-electron chi connectivity index (χ1n) is 10.8. The monoisotopic (exact) mass is 409 g/mol. The van der Waals surface area contributed by atoms with Gasteiger partial charge >= 0.3 is 0 Å². The largest absolute Gasteiger partial charge is 0.495 e. The summed E-state index contributed by atoms with van der Waals surface area (Å²) < 4.78 is 5.53. The van der Waals surface area contributed by atoms with E-state index in [1.54, 1.807) is 7.11 Å². The maximum atomic E-state index is 13.0. The molecule has 1 aliphatic rings. The third-order valence-electron chi connectivity index (χ3n) is 5.47. The Balaban J connectivity index is 1.64. The second-order valence-corrected chi connectivity index (χ2v) is 9.09. The van der Waals surface area contributed by atoms with Gasteiger partial charge in [0.2, 0.25) is 5.91 Å². The number of ether oxygens (including phenoxy) is 1. The lowest BCUT2D eigenvalue weighted by Crippen LogP contribution is -2.51. The summed E-state index contributed by atoms with van der Waals surface area (Å²) in [5.74, 6) is 0.986. The minimum Gasteiger partial charge on any atom is -0.495 e. The first-order valence-corrected chi connectivity index (χ1v) is 10.8. The SMILES string of the molecule is COc1ccccc1N1CCN(CC(Cc2ccccc2)C(=O)NC(C)(C)C)CC1. The van der Waals surface area contributed by atoms with Crippen LogP contribution in [0, 0.1) is 5.92 Å². The summed E-state index contributed by atoms with van der Waals surface area (Å²) in [6, 6.07) is 18.5. The summed E-state index contributed by atoms with van der Waals surface area (Å²) in [4.78, 5) is 17.8. The molecule has 0 aromatic heterocycles. The van der Waals surface area contributed by atoms with Crippen molar-refractivity contribution in [3.63, 3.8) is 0 Å². The lowest BCUT2D eigenvalue weighted by molar-refractivity contribution is -0.127. The van der Waals surface area contributed by atoms with Crippen LogP contribution in [0.15, 0.2) is 54.6 Å². The maximum absolute atomic E-state index is 13.0. The normalized spacial score (nSPS) is 16.2. The van der Waals surface area contributed by atoms with Gasteiger partial charge in [-0.3, -0.25) is 9.69 Å². The van der Waals surface area contributed by atoms with Gasteiger partial charge in [0.05, 0.1) is 18.7 Å². The quantitative estimate of drug-likeness (QED) is 0.759. The molecule has 30 heavy (non-hydrogen) atoms. The molecule has 1 saturated heterocycles. The fourth-order valence-electron chi connectivity index (χ4n) is 3.98. The van der Waals surface area contributed by atoms with E-state index in [1.807, 2.05) is 51.1 Å². The van der Waals surface area contributed by atoms with Crippen molar-refractivity contribution in [2.24, 2.45) is 5.92 Å². The molecule has 1 unspecified atom stereocenters. The molecular weight excluding hydrogens is 374 g/mol. The van der Waals surface area contributed by atoms with Crippen molar-refractivity contribution in [1.29, 1.82) is 0 Å². The summed E-state index contributed by atoms with van der Waals surface area (Å²) in [6.45, 7) is 10.6. The van der Waals surface area contributed by atoms with Crippen LogP contribution in [0.1, 0.15) is 26.3 Å². The first kappa shape index (κ1) is 22.2. The summed E-state index contributed by atoms with van der Waals surface area (Å²) in [5.41, 5.74) is 2.12. The van der Waals surface area contributed by atoms with Crippen LogP contribution < -0.4 is 15.0 Å². The summed E-state index contributed by atoms with van der Waals surface area (Å²) in [6.07, 6.45) is 0.759. The van der Waals surface area contributed by atoms with E-state index in [2.05, 4.69) is 39.4 Å². The predicted molar refractivity (Wildman–Crippen MR) is 123 cm³/mol. The number of piperazine rings is 1. The zero-order valence-electron chi connectivity index (χ0n) is 18.7. The van der Waals surface area contributed by atoms with Crippen LogP contribution >= 0.6 is 0 Å². The fraction of sp³-hybridized carbons (Fsp3) is 0.480. The molecule has 1 aliphatic heterocycles. The molecule has 1 amide bonds. The summed E-state index contributed by atoms with van der Waals surface area (Å²) in [7, 11) is 1.72. The van der Waals surface area contributed by atoms with Gasteiger partial charge in [0.25, 0.3) is 0 Å². The van der Waals surface area contributed by atoms with Crippen molar-refractivity contribution in [3.05, 3.63) is 60.2 Å². The van der Waals surface area contributed by atoms with Crippen LogP contribution in [0.3, 0.4) is 0 Å². The number of rotatable bonds is 7. The Morgan fingerprint density at radius 2 is 1.63 bits per heavy atom. The molecule has 5 heteroatoms. The Hall–Kier alpha value is -2.53. The van der Waals surface area contributed by atoms with Crippen LogP contribution in [0.25, 0.3) is 0 Å².